The molecule has 1 amide bonds. The molecule has 0 aliphatic heterocycles. The van der Waals surface area contributed by atoms with Gasteiger partial charge in [-0.05, 0) is 48.9 Å². The first-order chi connectivity index (χ1) is 13.4. The molecular weight excluding hydrogens is 350 g/mol. The van der Waals surface area contributed by atoms with Crippen LogP contribution in [0.25, 0.3) is 10.9 Å². The average Bonchev–Trinajstić information content (AvgIpc) is 3.29. The fraction of sp³-hybridized carbons (Fsp3) is 0.409. The second-order valence-electron chi connectivity index (χ2n) is 8.03. The summed E-state index contributed by atoms with van der Waals surface area (Å²) < 4.78 is 0. The van der Waals surface area contributed by atoms with Gasteiger partial charge in [0.15, 0.2) is 0 Å². The zero-order valence-electron chi connectivity index (χ0n) is 16.6. The van der Waals surface area contributed by atoms with Crippen LogP contribution in [0.15, 0.2) is 24.3 Å². The second-order valence-corrected chi connectivity index (χ2v) is 8.03. The summed E-state index contributed by atoms with van der Waals surface area (Å²) in [6, 6.07) is 10.6. The van der Waals surface area contributed by atoms with Crippen LogP contribution >= 0.6 is 0 Å². The van der Waals surface area contributed by atoms with Crippen molar-refractivity contribution >= 4 is 22.5 Å². The Hall–Kier alpha value is -3.07. The molecule has 6 heteroatoms. The van der Waals surface area contributed by atoms with E-state index in [0.717, 1.165) is 59.4 Å². The van der Waals surface area contributed by atoms with Gasteiger partial charge in [0.25, 0.3) is 0 Å². The van der Waals surface area contributed by atoms with Gasteiger partial charge in [-0.15, -0.1) is 0 Å². The number of amides is 1. The van der Waals surface area contributed by atoms with Crippen molar-refractivity contribution in [2.24, 2.45) is 5.41 Å². The van der Waals surface area contributed by atoms with E-state index in [1.165, 1.54) is 5.56 Å². The number of H-pyrrole nitrogens is 2. The highest BCUT2D eigenvalue weighted by Crippen LogP contribution is 2.35. The molecule has 0 spiro atoms. The number of hydrogen-bond donors (Lipinski definition) is 2. The maximum absolute atomic E-state index is 12.0. The van der Waals surface area contributed by atoms with Crippen LogP contribution in [0.4, 0.5) is 5.69 Å². The summed E-state index contributed by atoms with van der Waals surface area (Å²) in [6.45, 7) is 3.89. The van der Waals surface area contributed by atoms with Crippen molar-refractivity contribution in [3.05, 3.63) is 46.9 Å². The lowest BCUT2D eigenvalue weighted by Crippen LogP contribution is -2.24. The van der Waals surface area contributed by atoms with Gasteiger partial charge in [-0.1, -0.05) is 13.0 Å². The summed E-state index contributed by atoms with van der Waals surface area (Å²) in [4.78, 5) is 17.1. The van der Waals surface area contributed by atoms with Gasteiger partial charge >= 0.3 is 0 Å². The van der Waals surface area contributed by atoms with E-state index < -0.39 is 0 Å². The maximum atomic E-state index is 12.0. The van der Waals surface area contributed by atoms with Gasteiger partial charge < -0.3 is 9.88 Å². The number of nitriles is 1. The molecule has 6 nitrogen and oxygen atoms in total. The molecule has 1 aromatic carbocycles. The Morgan fingerprint density at radius 3 is 2.96 bits per heavy atom. The number of carbonyl (C=O) groups excluding carboxylic acids is 1. The highest BCUT2D eigenvalue weighted by Gasteiger charge is 2.32. The number of benzene rings is 1. The van der Waals surface area contributed by atoms with Crippen LogP contribution in [0, 0.1) is 16.7 Å². The minimum atomic E-state index is -0.295. The molecule has 4 rings (SSSR count). The molecule has 1 aliphatic carbocycles. The number of aromatic amines is 2. The molecule has 28 heavy (non-hydrogen) atoms. The Morgan fingerprint density at radius 1 is 1.39 bits per heavy atom. The van der Waals surface area contributed by atoms with E-state index in [0.29, 0.717) is 6.42 Å². The summed E-state index contributed by atoms with van der Waals surface area (Å²) in [6.07, 6.45) is 3.71. The van der Waals surface area contributed by atoms with E-state index in [1.54, 1.807) is 4.90 Å². The number of rotatable bonds is 4. The molecule has 2 N–H and O–H groups in total. The predicted molar refractivity (Wildman–Crippen MR) is 109 cm³/mol. The molecule has 2 heterocycles. The van der Waals surface area contributed by atoms with Gasteiger partial charge in [0.05, 0.1) is 17.2 Å². The molecule has 0 bridgehead atoms. The summed E-state index contributed by atoms with van der Waals surface area (Å²) in [5.74, 6) is 0.0960. The molecule has 1 unspecified atom stereocenters. The molecule has 1 atom stereocenters. The number of fused-ring (bicyclic) bond motifs is 2. The van der Waals surface area contributed by atoms with Crippen molar-refractivity contribution in [2.45, 2.75) is 46.0 Å². The van der Waals surface area contributed by atoms with E-state index in [4.69, 9.17) is 0 Å². The molecule has 3 aromatic rings. The summed E-state index contributed by atoms with van der Waals surface area (Å²) in [7, 11) is 1.81. The average molecular weight is 375 g/mol. The number of aromatic nitrogens is 3. The van der Waals surface area contributed by atoms with Crippen LogP contribution in [0.2, 0.25) is 0 Å². The lowest BCUT2D eigenvalue weighted by atomic mass is 9.76. The van der Waals surface area contributed by atoms with Crippen LogP contribution < -0.4 is 4.90 Å². The van der Waals surface area contributed by atoms with Crippen molar-refractivity contribution in [1.29, 1.82) is 5.26 Å². The van der Waals surface area contributed by atoms with Gasteiger partial charge in [-0.2, -0.15) is 10.4 Å². The highest BCUT2D eigenvalue weighted by molar-refractivity contribution is 5.95. The van der Waals surface area contributed by atoms with Crippen molar-refractivity contribution in [3.63, 3.8) is 0 Å². The molecule has 1 aliphatic rings. The number of hydrogen-bond acceptors (Lipinski definition) is 3. The Kier molecular flexibility index (Phi) is 4.46. The van der Waals surface area contributed by atoms with Crippen molar-refractivity contribution in [2.75, 3.05) is 11.9 Å². The first kappa shape index (κ1) is 18.3. The largest absolute Gasteiger partial charge is 0.358 e. The fourth-order valence-corrected chi connectivity index (χ4v) is 4.05. The third-order valence-electron chi connectivity index (χ3n) is 5.89. The fourth-order valence-electron chi connectivity index (χ4n) is 4.05. The lowest BCUT2D eigenvalue weighted by molar-refractivity contribution is -0.118. The van der Waals surface area contributed by atoms with Crippen LogP contribution in [0.3, 0.4) is 0 Å². The van der Waals surface area contributed by atoms with Crippen molar-refractivity contribution < 1.29 is 4.79 Å². The maximum Gasteiger partial charge on any atom is 0.226 e. The number of nitrogens with one attached hydrogen (secondary N) is 2. The standard InChI is InChI=1S/C22H25N5O/c1-4-21(28)27(3)16-6-5-14-9-15(24-18(14)11-16)10-19-17-7-8-22(2,13-23)12-20(17)26-25-19/h5-6,9,11,24H,4,7-8,10,12H2,1-3H3,(H,25,26). The topological polar surface area (TPSA) is 88.6 Å². The van der Waals surface area contributed by atoms with Crippen LogP contribution in [-0.2, 0) is 24.1 Å². The second kappa shape index (κ2) is 6.83. The van der Waals surface area contributed by atoms with Gasteiger partial charge in [0.2, 0.25) is 5.91 Å². The molecule has 144 valence electrons. The molecule has 0 fully saturated rings. The molecule has 0 saturated carbocycles. The van der Waals surface area contributed by atoms with Crippen LogP contribution in [0.1, 0.15) is 49.3 Å². The molecule has 0 saturated heterocycles. The molecule has 2 aromatic heterocycles. The highest BCUT2D eigenvalue weighted by atomic mass is 16.2. The van der Waals surface area contributed by atoms with Gasteiger partial charge in [-0.3, -0.25) is 9.89 Å². The third-order valence-corrected chi connectivity index (χ3v) is 5.89. The summed E-state index contributed by atoms with van der Waals surface area (Å²) >= 11 is 0. The Balaban J connectivity index is 1.58. The van der Waals surface area contributed by atoms with Crippen LogP contribution in [-0.4, -0.2) is 28.1 Å². The molecular formula is C22H25N5O. The normalized spacial score (nSPS) is 18.6. The zero-order chi connectivity index (χ0) is 19.9. The van der Waals surface area contributed by atoms with E-state index in [9.17, 15) is 10.1 Å². The monoisotopic (exact) mass is 375 g/mol. The number of nitrogens with zero attached hydrogens (tertiary/aromatic N) is 3. The Labute approximate surface area is 164 Å². The first-order valence-corrected chi connectivity index (χ1v) is 9.77. The number of carbonyl (C=O) groups is 1. The van der Waals surface area contributed by atoms with Crippen molar-refractivity contribution in [1.82, 2.24) is 15.2 Å². The smallest absolute Gasteiger partial charge is 0.226 e. The summed E-state index contributed by atoms with van der Waals surface area (Å²) in [5, 5.41) is 18.2. The minimum Gasteiger partial charge on any atom is -0.358 e. The van der Waals surface area contributed by atoms with Crippen molar-refractivity contribution in [3.8, 4) is 6.07 Å². The first-order valence-electron chi connectivity index (χ1n) is 9.77. The van der Waals surface area contributed by atoms with E-state index >= 15 is 0 Å². The third kappa shape index (κ3) is 3.18. The minimum absolute atomic E-state index is 0.0960. The lowest BCUT2D eigenvalue weighted by Gasteiger charge is -2.26. The Bertz CT molecular complexity index is 1090. The Morgan fingerprint density at radius 2 is 2.21 bits per heavy atom. The van der Waals surface area contributed by atoms with E-state index in [2.05, 4.69) is 27.3 Å². The van der Waals surface area contributed by atoms with Gasteiger partial charge in [0, 0.05) is 48.9 Å². The molecule has 0 radical (unpaired) electrons. The van der Waals surface area contributed by atoms with Gasteiger partial charge in [-0.25, -0.2) is 0 Å². The predicted octanol–water partition coefficient (Wildman–Crippen LogP) is 3.87. The van der Waals surface area contributed by atoms with Crippen LogP contribution in [0.5, 0.6) is 0 Å². The zero-order valence-corrected chi connectivity index (χ0v) is 16.6. The number of anilines is 1. The quantitative estimate of drug-likeness (QED) is 0.725. The SMILES string of the molecule is CCC(=O)N(C)c1ccc2cc(Cc3n[nH]c4c3CCC(C)(C#N)C4)[nH]c2c1. The van der Waals surface area contributed by atoms with E-state index in [-0.39, 0.29) is 11.3 Å². The van der Waals surface area contributed by atoms with E-state index in [1.807, 2.05) is 39.1 Å². The summed E-state index contributed by atoms with van der Waals surface area (Å²) in [5.41, 5.74) is 6.13. The van der Waals surface area contributed by atoms with Gasteiger partial charge in [0.1, 0.15) is 0 Å².